The molecule has 1 heterocycles. The first-order valence-corrected chi connectivity index (χ1v) is 15.6. The molecule has 0 bridgehead atoms. The van der Waals surface area contributed by atoms with Gasteiger partial charge in [-0.2, -0.15) is 0 Å². The maximum atomic E-state index is 12.7. The van der Waals surface area contributed by atoms with E-state index in [1.807, 2.05) is 31.2 Å². The van der Waals surface area contributed by atoms with Crippen LogP contribution >= 0.6 is 0 Å². The molecule has 1 aromatic carbocycles. The third-order valence-electron chi connectivity index (χ3n) is 13.1. The van der Waals surface area contributed by atoms with Gasteiger partial charge in [0.25, 0.3) is 0 Å². The summed E-state index contributed by atoms with van der Waals surface area (Å²) < 4.78 is 17.3. The van der Waals surface area contributed by atoms with Crippen LogP contribution in [0.1, 0.15) is 84.1 Å². The summed E-state index contributed by atoms with van der Waals surface area (Å²) in [6.45, 7) is 6.41. The lowest BCUT2D eigenvalue weighted by atomic mass is 9.42. The minimum Gasteiger partial charge on any atom is -0.497 e. The molecule has 224 valence electrons. The Kier molecular flexibility index (Phi) is 7.16. The van der Waals surface area contributed by atoms with Crippen LogP contribution in [0, 0.1) is 34.5 Å². The van der Waals surface area contributed by atoms with Gasteiger partial charge in [-0.05, 0) is 111 Å². The van der Waals surface area contributed by atoms with Crippen molar-refractivity contribution < 1.29 is 34.6 Å². The van der Waals surface area contributed by atoms with Gasteiger partial charge in [-0.3, -0.25) is 0 Å². The normalized spacial score (nSPS) is 52.4. The van der Waals surface area contributed by atoms with E-state index in [0.29, 0.717) is 24.7 Å². The molecule has 1 saturated heterocycles. The second kappa shape index (κ2) is 9.92. The van der Waals surface area contributed by atoms with E-state index in [0.717, 1.165) is 56.3 Å². The fourth-order valence-electron chi connectivity index (χ4n) is 10.8. The number of fused-ring (bicyclic) bond motifs is 5. The molecule has 7 heteroatoms. The molecule has 0 radical (unpaired) electrons. The van der Waals surface area contributed by atoms with Gasteiger partial charge in [0.2, 0.25) is 0 Å². The second-order valence-corrected chi connectivity index (χ2v) is 14.4. The van der Waals surface area contributed by atoms with E-state index in [1.54, 1.807) is 14.2 Å². The Hall–Kier alpha value is -1.22. The SMILES string of the molecule is COc1cccc(C2(O)CC[C@@]3(O)[C@@H]4CCC5CCC([C@@H]6O[C@H](C)[C@@H](O)[C@H](OC)[C@H]6O)C[C@]5(C)[C@@H]4CC[C@]23C)c1. The molecule has 40 heavy (non-hydrogen) atoms. The molecule has 6 rings (SSSR count). The molecule has 0 spiro atoms. The summed E-state index contributed by atoms with van der Waals surface area (Å²) in [5.41, 5.74) is -1.85. The zero-order valence-corrected chi connectivity index (χ0v) is 24.9. The summed E-state index contributed by atoms with van der Waals surface area (Å²) >= 11 is 0. The van der Waals surface area contributed by atoms with Crippen molar-refractivity contribution in [2.45, 2.75) is 120 Å². The number of aliphatic hydroxyl groups excluding tert-OH is 2. The molecule has 1 aliphatic heterocycles. The highest BCUT2D eigenvalue weighted by Gasteiger charge is 2.72. The average molecular weight is 559 g/mol. The van der Waals surface area contributed by atoms with Gasteiger partial charge in [0.15, 0.2) is 0 Å². The van der Waals surface area contributed by atoms with Crippen molar-refractivity contribution in [3.63, 3.8) is 0 Å². The molecular formula is C33H50O7. The third-order valence-corrected chi connectivity index (χ3v) is 13.1. The topological polar surface area (TPSA) is 109 Å². The highest BCUT2D eigenvalue weighted by molar-refractivity contribution is 5.37. The first-order valence-electron chi connectivity index (χ1n) is 15.6. The number of ether oxygens (including phenoxy) is 3. The largest absolute Gasteiger partial charge is 0.497 e. The number of aliphatic hydroxyl groups is 4. The van der Waals surface area contributed by atoms with Crippen molar-refractivity contribution >= 4 is 0 Å². The standard InChI is InChI=1S/C33H50O7/c1-19-26(34)29(39-5)27(35)28(40-19)20-9-10-21-11-12-25-24(30(21,2)18-20)13-14-31(3)32(36,15-16-33(25,31)37)22-7-6-8-23(17-22)38-4/h6-8,17,19-21,24-29,34-37H,9-16,18H2,1-5H3/t19-,20?,21?,24-,25-,26-,27+,28+,29+,30+,31-,32?,33-/m1/s1. The summed E-state index contributed by atoms with van der Waals surface area (Å²) in [6, 6.07) is 7.75. The van der Waals surface area contributed by atoms with Crippen LogP contribution in [0.4, 0.5) is 0 Å². The number of hydrogen-bond donors (Lipinski definition) is 4. The van der Waals surface area contributed by atoms with Gasteiger partial charge in [0.05, 0.1) is 30.5 Å². The molecule has 13 atom stereocenters. The van der Waals surface area contributed by atoms with E-state index in [9.17, 15) is 20.4 Å². The van der Waals surface area contributed by atoms with Crippen LogP contribution in [0.15, 0.2) is 24.3 Å². The zero-order chi connectivity index (χ0) is 28.7. The molecule has 3 unspecified atom stereocenters. The Balaban J connectivity index is 1.29. The van der Waals surface area contributed by atoms with Crippen LogP contribution in [0.25, 0.3) is 0 Å². The predicted octanol–water partition coefficient (Wildman–Crippen LogP) is 4.18. The van der Waals surface area contributed by atoms with E-state index in [2.05, 4.69) is 13.8 Å². The number of methoxy groups -OCH3 is 2. The fourth-order valence-corrected chi connectivity index (χ4v) is 10.8. The summed E-state index contributed by atoms with van der Waals surface area (Å²) in [7, 11) is 3.19. The van der Waals surface area contributed by atoms with E-state index >= 15 is 0 Å². The van der Waals surface area contributed by atoms with Crippen LogP contribution in [0.3, 0.4) is 0 Å². The maximum Gasteiger partial charge on any atom is 0.119 e. The molecule has 0 amide bonds. The quantitative estimate of drug-likeness (QED) is 0.439. The van der Waals surface area contributed by atoms with Gasteiger partial charge in [0, 0.05) is 12.5 Å². The summed E-state index contributed by atoms with van der Waals surface area (Å²) in [5.74, 6) is 1.95. The van der Waals surface area contributed by atoms with Crippen LogP contribution in [-0.4, -0.2) is 70.8 Å². The smallest absolute Gasteiger partial charge is 0.119 e. The molecule has 4 N–H and O–H groups in total. The Morgan fingerprint density at radius 1 is 0.900 bits per heavy atom. The lowest BCUT2D eigenvalue weighted by Gasteiger charge is -2.65. The number of benzene rings is 1. The summed E-state index contributed by atoms with van der Waals surface area (Å²) in [4.78, 5) is 0. The van der Waals surface area contributed by atoms with Crippen LogP contribution in [-0.2, 0) is 15.1 Å². The monoisotopic (exact) mass is 558 g/mol. The lowest BCUT2D eigenvalue weighted by molar-refractivity contribution is -0.256. The number of hydrogen-bond acceptors (Lipinski definition) is 7. The molecule has 7 nitrogen and oxygen atoms in total. The van der Waals surface area contributed by atoms with Gasteiger partial charge in [-0.1, -0.05) is 26.0 Å². The first-order chi connectivity index (χ1) is 18.9. The lowest BCUT2D eigenvalue weighted by Crippen LogP contribution is -2.65. The number of rotatable bonds is 4. The minimum absolute atomic E-state index is 0.0184. The average Bonchev–Trinajstić information content (AvgIpc) is 3.17. The van der Waals surface area contributed by atoms with Gasteiger partial charge >= 0.3 is 0 Å². The highest BCUT2D eigenvalue weighted by Crippen LogP contribution is 2.72. The fraction of sp³-hybridized carbons (Fsp3) is 0.818. The third kappa shape index (κ3) is 3.84. The van der Waals surface area contributed by atoms with Gasteiger partial charge in [-0.25, -0.2) is 0 Å². The molecular weight excluding hydrogens is 508 g/mol. The Bertz CT molecular complexity index is 1100. The van der Waals surface area contributed by atoms with Crippen LogP contribution in [0.2, 0.25) is 0 Å². The molecule has 0 aromatic heterocycles. The van der Waals surface area contributed by atoms with Crippen LogP contribution < -0.4 is 4.74 Å². The van der Waals surface area contributed by atoms with Gasteiger partial charge < -0.3 is 34.6 Å². The Labute approximate surface area is 239 Å². The molecule has 5 aliphatic rings. The summed E-state index contributed by atoms with van der Waals surface area (Å²) in [6.07, 6.45) is 4.85. The predicted molar refractivity (Wildman–Crippen MR) is 151 cm³/mol. The molecule has 5 fully saturated rings. The van der Waals surface area contributed by atoms with Crippen molar-refractivity contribution in [1.29, 1.82) is 0 Å². The van der Waals surface area contributed by atoms with E-state index in [1.165, 1.54) is 0 Å². The van der Waals surface area contributed by atoms with E-state index < -0.39 is 41.0 Å². The van der Waals surface area contributed by atoms with Crippen molar-refractivity contribution in [3.05, 3.63) is 29.8 Å². The first kappa shape index (κ1) is 28.9. The van der Waals surface area contributed by atoms with Crippen LogP contribution in [0.5, 0.6) is 5.75 Å². The van der Waals surface area contributed by atoms with Crippen molar-refractivity contribution in [1.82, 2.24) is 0 Å². The summed E-state index contributed by atoms with van der Waals surface area (Å²) in [5, 5.41) is 46.8. The van der Waals surface area contributed by atoms with Gasteiger partial charge in [-0.15, -0.1) is 0 Å². The van der Waals surface area contributed by atoms with Crippen molar-refractivity contribution in [2.24, 2.45) is 34.5 Å². The maximum absolute atomic E-state index is 12.7. The zero-order valence-electron chi connectivity index (χ0n) is 24.9. The second-order valence-electron chi connectivity index (χ2n) is 14.4. The Morgan fingerprint density at radius 3 is 2.38 bits per heavy atom. The van der Waals surface area contributed by atoms with E-state index in [-0.39, 0.29) is 23.4 Å². The highest BCUT2D eigenvalue weighted by atomic mass is 16.6. The molecule has 1 aromatic rings. The Morgan fingerprint density at radius 2 is 1.65 bits per heavy atom. The molecule has 4 saturated carbocycles. The minimum atomic E-state index is -1.11. The van der Waals surface area contributed by atoms with E-state index in [4.69, 9.17) is 14.2 Å². The van der Waals surface area contributed by atoms with Crippen molar-refractivity contribution in [3.8, 4) is 5.75 Å². The van der Waals surface area contributed by atoms with Crippen molar-refractivity contribution in [2.75, 3.05) is 14.2 Å². The molecule has 4 aliphatic carbocycles. The van der Waals surface area contributed by atoms with Gasteiger partial charge in [0.1, 0.15) is 24.1 Å².